The van der Waals surface area contributed by atoms with Crippen molar-refractivity contribution >= 4 is 11.9 Å². The number of aliphatic hydroxyl groups excluding tert-OH is 1. The van der Waals surface area contributed by atoms with Crippen LogP contribution in [0.4, 0.5) is 0 Å². The molecule has 2 N–H and O–H groups in total. The zero-order chi connectivity index (χ0) is 23.5. The van der Waals surface area contributed by atoms with E-state index in [0.29, 0.717) is 16.7 Å². The zero-order valence-electron chi connectivity index (χ0n) is 18.3. The maximum Gasteiger partial charge on any atom is 0.338 e. The Morgan fingerprint density at radius 1 is 1.16 bits per heavy atom. The minimum absolute atomic E-state index is 0.0369. The van der Waals surface area contributed by atoms with E-state index in [9.17, 15) is 19.8 Å². The number of cyclic esters (lactones) is 1. The molecule has 9 nitrogen and oxygen atoms in total. The lowest BCUT2D eigenvalue weighted by atomic mass is 9.95. The summed E-state index contributed by atoms with van der Waals surface area (Å²) in [5.41, 5.74) is 1.55. The minimum Gasteiger partial charge on any atom is -0.490 e. The molecule has 0 aromatic heterocycles. The molecule has 0 fully saturated rings. The van der Waals surface area contributed by atoms with Crippen molar-refractivity contribution in [2.24, 2.45) is 5.41 Å². The van der Waals surface area contributed by atoms with Gasteiger partial charge in [0.25, 0.3) is 0 Å². The normalized spacial score (nSPS) is 12.9. The Kier molecular flexibility index (Phi) is 6.90. The fraction of sp³-hybridized carbons (Fsp3) is 0.391. The molecule has 2 aromatic rings. The lowest BCUT2D eigenvalue weighted by molar-refractivity contribution is -0.180. The van der Waals surface area contributed by atoms with Crippen LogP contribution < -0.4 is 14.2 Å². The zero-order valence-corrected chi connectivity index (χ0v) is 18.3. The monoisotopic (exact) mass is 446 g/mol. The van der Waals surface area contributed by atoms with Crippen molar-refractivity contribution in [1.29, 1.82) is 0 Å². The maximum absolute atomic E-state index is 12.3. The number of rotatable bonds is 9. The third-order valence-corrected chi connectivity index (χ3v) is 4.91. The number of esters is 2. The molecule has 3 rings (SSSR count). The van der Waals surface area contributed by atoms with Gasteiger partial charge in [0.15, 0.2) is 11.5 Å². The molecule has 1 aliphatic heterocycles. The number of fused-ring (bicyclic) bond motifs is 1. The molecule has 0 bridgehead atoms. The number of hydrogen-bond donors (Lipinski definition) is 2. The molecule has 1 aliphatic rings. The Bertz CT molecular complexity index is 1010. The van der Waals surface area contributed by atoms with Gasteiger partial charge in [-0.15, -0.1) is 0 Å². The Labute approximate surface area is 185 Å². The summed E-state index contributed by atoms with van der Waals surface area (Å²) < 4.78 is 26.7. The molecule has 32 heavy (non-hydrogen) atoms. The fourth-order valence-corrected chi connectivity index (χ4v) is 3.25. The Morgan fingerprint density at radius 3 is 2.53 bits per heavy atom. The van der Waals surface area contributed by atoms with Crippen molar-refractivity contribution in [2.75, 3.05) is 20.3 Å². The highest BCUT2D eigenvalue weighted by molar-refractivity contribution is 5.94. The van der Waals surface area contributed by atoms with Gasteiger partial charge in [0.05, 0.1) is 24.7 Å². The van der Waals surface area contributed by atoms with E-state index < -0.39 is 17.9 Å². The van der Waals surface area contributed by atoms with Crippen molar-refractivity contribution in [3.63, 3.8) is 0 Å². The van der Waals surface area contributed by atoms with Crippen molar-refractivity contribution in [2.45, 2.75) is 33.9 Å². The Morgan fingerprint density at radius 2 is 1.88 bits per heavy atom. The molecule has 0 saturated heterocycles. The van der Waals surface area contributed by atoms with E-state index in [2.05, 4.69) is 0 Å². The molecule has 1 heterocycles. The molecule has 2 aromatic carbocycles. The number of hydrogen-bond acceptors (Lipinski definition) is 9. The highest BCUT2D eigenvalue weighted by Crippen LogP contribution is 2.46. The van der Waals surface area contributed by atoms with E-state index in [1.165, 1.54) is 13.2 Å². The molecule has 0 amide bonds. The summed E-state index contributed by atoms with van der Waals surface area (Å²) in [7, 11) is 1.38. The van der Waals surface area contributed by atoms with E-state index in [0.717, 1.165) is 5.56 Å². The van der Waals surface area contributed by atoms with E-state index >= 15 is 0 Å². The first kappa shape index (κ1) is 23.4. The topological polar surface area (TPSA) is 121 Å². The summed E-state index contributed by atoms with van der Waals surface area (Å²) in [4.78, 5) is 24.1. The smallest absolute Gasteiger partial charge is 0.338 e. The van der Waals surface area contributed by atoms with Crippen LogP contribution in [0.5, 0.6) is 17.2 Å². The highest BCUT2D eigenvalue weighted by atomic mass is 16.7. The van der Waals surface area contributed by atoms with Gasteiger partial charge >= 0.3 is 18.4 Å². The van der Waals surface area contributed by atoms with Gasteiger partial charge in [-0.05, 0) is 50.6 Å². The van der Waals surface area contributed by atoms with Crippen LogP contribution in [-0.2, 0) is 20.9 Å². The third-order valence-electron chi connectivity index (χ3n) is 4.91. The average Bonchev–Trinajstić information content (AvgIpc) is 3.12. The highest BCUT2D eigenvalue weighted by Gasteiger charge is 2.32. The molecule has 0 saturated carbocycles. The van der Waals surface area contributed by atoms with E-state index in [1.807, 2.05) is 0 Å². The van der Waals surface area contributed by atoms with Gasteiger partial charge in [-0.2, -0.15) is 0 Å². The van der Waals surface area contributed by atoms with Crippen LogP contribution in [0.3, 0.4) is 0 Å². The van der Waals surface area contributed by atoms with Crippen LogP contribution in [0, 0.1) is 5.41 Å². The van der Waals surface area contributed by atoms with Crippen molar-refractivity contribution in [3.8, 4) is 28.4 Å². The third kappa shape index (κ3) is 4.79. The number of methoxy groups -OCH3 is 1. The van der Waals surface area contributed by atoms with Crippen LogP contribution in [0.25, 0.3) is 11.1 Å². The summed E-state index contributed by atoms with van der Waals surface area (Å²) in [5, 5.41) is 18.5. The van der Waals surface area contributed by atoms with Crippen LogP contribution in [0.15, 0.2) is 30.3 Å². The quantitative estimate of drug-likeness (QED) is 0.442. The van der Waals surface area contributed by atoms with Gasteiger partial charge in [-0.25, -0.2) is 4.79 Å². The summed E-state index contributed by atoms with van der Waals surface area (Å²) in [6.07, 6.45) is 0. The number of benzene rings is 2. The predicted octanol–water partition coefficient (Wildman–Crippen LogP) is 2.65. The molecule has 0 unspecified atom stereocenters. The van der Waals surface area contributed by atoms with Gasteiger partial charge in [0, 0.05) is 11.1 Å². The van der Waals surface area contributed by atoms with Crippen LogP contribution in [0.2, 0.25) is 0 Å². The van der Waals surface area contributed by atoms with Gasteiger partial charge in [-0.1, -0.05) is 6.07 Å². The summed E-state index contributed by atoms with van der Waals surface area (Å²) in [5.74, 6) is -0.421. The molecule has 9 heteroatoms. The van der Waals surface area contributed by atoms with Gasteiger partial charge in [0.2, 0.25) is 5.75 Å². The number of ether oxygens (including phenoxy) is 5. The Balaban J connectivity index is 2.05. The summed E-state index contributed by atoms with van der Waals surface area (Å²) >= 11 is 0. The number of aliphatic hydroxyl groups is 2. The maximum atomic E-state index is 12.3. The van der Waals surface area contributed by atoms with E-state index in [-0.39, 0.29) is 43.0 Å². The van der Waals surface area contributed by atoms with Crippen molar-refractivity contribution in [1.82, 2.24) is 0 Å². The van der Waals surface area contributed by atoms with Crippen LogP contribution in [-0.4, -0.2) is 49.0 Å². The first-order valence-corrected chi connectivity index (χ1v) is 10.0. The van der Waals surface area contributed by atoms with Crippen LogP contribution in [0.1, 0.15) is 36.7 Å². The standard InChI is InChI=1S/C23H26O9/c1-5-29-21(25)23(2,3)12-31-18-15(8-9-17(19(18)28-4)32-22(26)27)13-6-7-16-14(10-13)11-30-20(16)24/h6-10,22,26-27H,5,11-12H2,1-4H3. The van der Waals surface area contributed by atoms with Crippen LogP contribution >= 0.6 is 0 Å². The SMILES string of the molecule is CCOC(=O)C(C)(C)COc1c(-c2ccc3c(c2)COC3=O)ccc(OC(O)O)c1OC. The molecule has 172 valence electrons. The molecule has 0 spiro atoms. The second-order valence-electron chi connectivity index (χ2n) is 7.76. The van der Waals surface area contributed by atoms with E-state index in [1.54, 1.807) is 45.0 Å². The molecule has 0 atom stereocenters. The number of carbonyl (C=O) groups is 2. The van der Waals surface area contributed by atoms with Crippen molar-refractivity contribution in [3.05, 3.63) is 41.5 Å². The molecular formula is C23H26O9. The Hall–Kier alpha value is -3.30. The fourth-order valence-electron chi connectivity index (χ4n) is 3.25. The van der Waals surface area contributed by atoms with E-state index in [4.69, 9.17) is 23.7 Å². The number of carbonyl (C=O) groups excluding carboxylic acids is 2. The van der Waals surface area contributed by atoms with Crippen molar-refractivity contribution < 1.29 is 43.5 Å². The van der Waals surface area contributed by atoms with Gasteiger partial charge < -0.3 is 33.9 Å². The predicted molar refractivity (Wildman–Crippen MR) is 112 cm³/mol. The second-order valence-corrected chi connectivity index (χ2v) is 7.76. The summed E-state index contributed by atoms with van der Waals surface area (Å²) in [6.45, 7) is 3.39. The largest absolute Gasteiger partial charge is 0.490 e. The molecular weight excluding hydrogens is 420 g/mol. The molecule has 0 radical (unpaired) electrons. The lowest BCUT2D eigenvalue weighted by Gasteiger charge is -2.25. The second kappa shape index (κ2) is 9.46. The first-order valence-electron chi connectivity index (χ1n) is 10.0. The first-order chi connectivity index (χ1) is 15.2. The summed E-state index contributed by atoms with van der Waals surface area (Å²) in [6, 6.07) is 8.38. The average molecular weight is 446 g/mol. The lowest BCUT2D eigenvalue weighted by Crippen LogP contribution is -2.33. The van der Waals surface area contributed by atoms with Gasteiger partial charge in [0.1, 0.15) is 13.2 Å². The minimum atomic E-state index is -2.07. The van der Waals surface area contributed by atoms with Gasteiger partial charge in [-0.3, -0.25) is 4.79 Å². The molecule has 0 aliphatic carbocycles.